The SMILES string of the molecule is CC(C)(C)C1CCN(c2ccc(S(N)(=O)=O)nn2)C1. The standard InChI is InChI=1S/C12H20N4O2S/c1-12(2,3)9-6-7-16(8-9)10-4-5-11(15-14-10)19(13,17)18/h4-5,9H,6-8H2,1-3H3,(H2,13,17,18). The van der Waals surface area contributed by atoms with E-state index in [0.29, 0.717) is 11.7 Å². The van der Waals surface area contributed by atoms with E-state index >= 15 is 0 Å². The Morgan fingerprint density at radius 1 is 1.32 bits per heavy atom. The lowest BCUT2D eigenvalue weighted by Gasteiger charge is -2.27. The highest BCUT2D eigenvalue weighted by Gasteiger charge is 2.32. The molecule has 106 valence electrons. The van der Waals surface area contributed by atoms with Crippen molar-refractivity contribution in [2.45, 2.75) is 32.2 Å². The van der Waals surface area contributed by atoms with Gasteiger partial charge in [-0.1, -0.05) is 20.8 Å². The zero-order valence-electron chi connectivity index (χ0n) is 11.5. The van der Waals surface area contributed by atoms with Gasteiger partial charge in [-0.3, -0.25) is 0 Å². The maximum absolute atomic E-state index is 11.1. The van der Waals surface area contributed by atoms with Gasteiger partial charge < -0.3 is 4.90 Å². The molecule has 1 saturated heterocycles. The summed E-state index contributed by atoms with van der Waals surface area (Å²) in [6, 6.07) is 3.07. The smallest absolute Gasteiger partial charge is 0.257 e. The molecule has 2 heterocycles. The quantitative estimate of drug-likeness (QED) is 0.875. The highest BCUT2D eigenvalue weighted by atomic mass is 32.2. The summed E-state index contributed by atoms with van der Waals surface area (Å²) < 4.78 is 22.2. The summed E-state index contributed by atoms with van der Waals surface area (Å²) in [5, 5.41) is 12.4. The van der Waals surface area contributed by atoms with Crippen LogP contribution < -0.4 is 10.0 Å². The van der Waals surface area contributed by atoms with Gasteiger partial charge in [-0.2, -0.15) is 0 Å². The van der Waals surface area contributed by atoms with Crippen molar-refractivity contribution in [3.8, 4) is 0 Å². The molecule has 1 aliphatic rings. The fourth-order valence-electron chi connectivity index (χ4n) is 2.31. The number of hydrogen-bond acceptors (Lipinski definition) is 5. The third-order valence-corrected chi connectivity index (χ3v) is 4.46. The molecule has 7 heteroatoms. The number of primary sulfonamides is 1. The first-order valence-electron chi connectivity index (χ1n) is 6.29. The lowest BCUT2D eigenvalue weighted by molar-refractivity contribution is 0.263. The lowest BCUT2D eigenvalue weighted by Crippen LogP contribution is -2.26. The minimum atomic E-state index is -3.77. The van der Waals surface area contributed by atoms with Crippen LogP contribution >= 0.6 is 0 Å². The average Bonchev–Trinajstić information content (AvgIpc) is 2.77. The third-order valence-electron chi connectivity index (χ3n) is 3.65. The predicted octanol–water partition coefficient (Wildman–Crippen LogP) is 0.996. The molecule has 1 aromatic rings. The van der Waals surface area contributed by atoms with Crippen molar-refractivity contribution in [2.24, 2.45) is 16.5 Å². The molecular weight excluding hydrogens is 264 g/mol. The van der Waals surface area contributed by atoms with Crippen LogP contribution in [0.1, 0.15) is 27.2 Å². The second-order valence-corrected chi connectivity index (χ2v) is 7.58. The summed E-state index contributed by atoms with van der Waals surface area (Å²) in [4.78, 5) is 2.13. The number of anilines is 1. The van der Waals surface area contributed by atoms with Crippen molar-refractivity contribution in [1.82, 2.24) is 10.2 Å². The van der Waals surface area contributed by atoms with Crippen LogP contribution in [0, 0.1) is 11.3 Å². The van der Waals surface area contributed by atoms with Crippen LogP contribution in [0.15, 0.2) is 17.2 Å². The van der Waals surface area contributed by atoms with E-state index in [2.05, 4.69) is 35.9 Å². The molecule has 1 atom stereocenters. The summed E-state index contributed by atoms with van der Waals surface area (Å²) >= 11 is 0. The Kier molecular flexibility index (Phi) is 3.53. The second kappa shape index (κ2) is 4.72. The van der Waals surface area contributed by atoms with Crippen molar-refractivity contribution in [3.05, 3.63) is 12.1 Å². The van der Waals surface area contributed by atoms with Crippen LogP contribution in [0.5, 0.6) is 0 Å². The molecule has 1 unspecified atom stereocenters. The summed E-state index contributed by atoms with van der Waals surface area (Å²) in [5.41, 5.74) is 0.267. The molecular formula is C12H20N4O2S. The minimum absolute atomic E-state index is 0.192. The second-order valence-electron chi connectivity index (χ2n) is 6.07. The van der Waals surface area contributed by atoms with Gasteiger partial charge in [-0.15, -0.1) is 10.2 Å². The van der Waals surface area contributed by atoms with Crippen molar-refractivity contribution in [2.75, 3.05) is 18.0 Å². The lowest BCUT2D eigenvalue weighted by atomic mass is 9.80. The Hall–Kier alpha value is -1.21. The molecule has 0 aliphatic carbocycles. The van der Waals surface area contributed by atoms with Gasteiger partial charge in [0.15, 0.2) is 10.8 Å². The normalized spacial score (nSPS) is 20.8. The van der Waals surface area contributed by atoms with E-state index in [-0.39, 0.29) is 10.4 Å². The van der Waals surface area contributed by atoms with Gasteiger partial charge >= 0.3 is 0 Å². The van der Waals surface area contributed by atoms with E-state index < -0.39 is 10.0 Å². The highest BCUT2D eigenvalue weighted by Crippen LogP contribution is 2.34. The zero-order chi connectivity index (χ0) is 14.3. The van der Waals surface area contributed by atoms with Gasteiger partial charge in [0.1, 0.15) is 0 Å². The molecule has 0 spiro atoms. The maximum Gasteiger partial charge on any atom is 0.257 e. The van der Waals surface area contributed by atoms with Gasteiger partial charge in [0.05, 0.1) is 0 Å². The molecule has 0 bridgehead atoms. The van der Waals surface area contributed by atoms with Gasteiger partial charge in [0.2, 0.25) is 0 Å². The van der Waals surface area contributed by atoms with E-state index in [1.54, 1.807) is 6.07 Å². The van der Waals surface area contributed by atoms with E-state index in [9.17, 15) is 8.42 Å². The van der Waals surface area contributed by atoms with Gasteiger partial charge in [-0.05, 0) is 29.9 Å². The first-order chi connectivity index (χ1) is 8.68. The van der Waals surface area contributed by atoms with E-state index in [4.69, 9.17) is 5.14 Å². The highest BCUT2D eigenvalue weighted by molar-refractivity contribution is 7.89. The fourth-order valence-corrected chi connectivity index (χ4v) is 2.72. The number of nitrogens with zero attached hydrogens (tertiary/aromatic N) is 3. The van der Waals surface area contributed by atoms with Crippen LogP contribution in [-0.2, 0) is 10.0 Å². The maximum atomic E-state index is 11.1. The van der Waals surface area contributed by atoms with Crippen LogP contribution in [0.2, 0.25) is 0 Å². The Balaban J connectivity index is 2.13. The van der Waals surface area contributed by atoms with Crippen molar-refractivity contribution >= 4 is 15.8 Å². The van der Waals surface area contributed by atoms with Crippen LogP contribution in [0.4, 0.5) is 5.82 Å². The number of aromatic nitrogens is 2. The molecule has 2 rings (SSSR count). The molecule has 1 aliphatic heterocycles. The summed E-state index contributed by atoms with van der Waals surface area (Å²) in [5.74, 6) is 1.31. The summed E-state index contributed by atoms with van der Waals surface area (Å²) in [6.45, 7) is 8.54. The van der Waals surface area contributed by atoms with Gasteiger partial charge in [0, 0.05) is 13.1 Å². The fraction of sp³-hybridized carbons (Fsp3) is 0.667. The average molecular weight is 284 g/mol. The van der Waals surface area contributed by atoms with Crippen LogP contribution in [-0.4, -0.2) is 31.7 Å². The van der Waals surface area contributed by atoms with Crippen molar-refractivity contribution in [1.29, 1.82) is 0 Å². The number of rotatable bonds is 2. The predicted molar refractivity (Wildman–Crippen MR) is 73.2 cm³/mol. The molecule has 19 heavy (non-hydrogen) atoms. The monoisotopic (exact) mass is 284 g/mol. The first kappa shape index (κ1) is 14.2. The molecule has 0 amide bonds. The van der Waals surface area contributed by atoms with E-state index in [1.807, 2.05) is 0 Å². The van der Waals surface area contributed by atoms with E-state index in [0.717, 1.165) is 19.5 Å². The van der Waals surface area contributed by atoms with Gasteiger partial charge in [0.25, 0.3) is 10.0 Å². The minimum Gasteiger partial charge on any atom is -0.355 e. The van der Waals surface area contributed by atoms with E-state index in [1.165, 1.54) is 6.07 Å². The van der Waals surface area contributed by atoms with Crippen molar-refractivity contribution < 1.29 is 8.42 Å². The number of hydrogen-bond donors (Lipinski definition) is 1. The van der Waals surface area contributed by atoms with Crippen LogP contribution in [0.25, 0.3) is 0 Å². The zero-order valence-corrected chi connectivity index (χ0v) is 12.3. The molecule has 1 fully saturated rings. The molecule has 2 N–H and O–H groups in total. The topological polar surface area (TPSA) is 89.2 Å². The summed E-state index contributed by atoms with van der Waals surface area (Å²) in [6.07, 6.45) is 1.11. The Bertz CT molecular complexity index is 548. The summed E-state index contributed by atoms with van der Waals surface area (Å²) in [7, 11) is -3.77. The first-order valence-corrected chi connectivity index (χ1v) is 7.84. The number of sulfonamides is 1. The Labute approximate surface area is 114 Å². The molecule has 0 aromatic carbocycles. The Morgan fingerprint density at radius 2 is 2.00 bits per heavy atom. The Morgan fingerprint density at radius 3 is 2.42 bits per heavy atom. The third kappa shape index (κ3) is 3.22. The largest absolute Gasteiger partial charge is 0.355 e. The molecule has 6 nitrogen and oxygen atoms in total. The number of nitrogens with two attached hydrogens (primary N) is 1. The van der Waals surface area contributed by atoms with Crippen LogP contribution in [0.3, 0.4) is 0 Å². The van der Waals surface area contributed by atoms with Crippen molar-refractivity contribution in [3.63, 3.8) is 0 Å². The molecule has 0 radical (unpaired) electrons. The molecule has 0 saturated carbocycles. The molecule has 1 aromatic heterocycles. The van der Waals surface area contributed by atoms with Gasteiger partial charge in [-0.25, -0.2) is 13.6 Å².